The highest BCUT2D eigenvalue weighted by Crippen LogP contribution is 2.42. The smallest absolute Gasteiger partial charge is 0.127 e. The van der Waals surface area contributed by atoms with Crippen LogP contribution >= 0.6 is 23.2 Å². The van der Waals surface area contributed by atoms with Crippen molar-refractivity contribution in [1.82, 2.24) is 0 Å². The van der Waals surface area contributed by atoms with E-state index in [0.717, 1.165) is 19.3 Å². The van der Waals surface area contributed by atoms with Crippen molar-refractivity contribution in [2.24, 2.45) is 0 Å². The molecule has 0 fully saturated rings. The van der Waals surface area contributed by atoms with Crippen LogP contribution in [0.15, 0.2) is 42.5 Å². The predicted octanol–water partition coefficient (Wildman–Crippen LogP) is 5.53. The summed E-state index contributed by atoms with van der Waals surface area (Å²) in [6.45, 7) is 0. The van der Waals surface area contributed by atoms with Gasteiger partial charge in [-0.1, -0.05) is 41.9 Å². The van der Waals surface area contributed by atoms with Crippen LogP contribution in [0.25, 0.3) is 0 Å². The Balaban J connectivity index is 2.07. The summed E-state index contributed by atoms with van der Waals surface area (Å²) in [5, 5.41) is 0.488. The summed E-state index contributed by atoms with van der Waals surface area (Å²) in [5.41, 5.74) is 2.95. The molecular formula is C18H17Cl2F. The highest BCUT2D eigenvalue weighted by atomic mass is 35.5. The lowest BCUT2D eigenvalue weighted by molar-refractivity contribution is 0.390. The summed E-state index contributed by atoms with van der Waals surface area (Å²) in [6.07, 6.45) is 3.67. The van der Waals surface area contributed by atoms with Crippen LogP contribution in [-0.4, -0.2) is 5.88 Å². The van der Waals surface area contributed by atoms with Gasteiger partial charge in [-0.25, -0.2) is 4.39 Å². The van der Waals surface area contributed by atoms with E-state index in [-0.39, 0.29) is 11.2 Å². The lowest BCUT2D eigenvalue weighted by Crippen LogP contribution is -2.35. The molecule has 0 N–H and O–H groups in total. The van der Waals surface area contributed by atoms with Gasteiger partial charge in [0.15, 0.2) is 0 Å². The van der Waals surface area contributed by atoms with Gasteiger partial charge in [0.2, 0.25) is 0 Å². The second kappa shape index (κ2) is 5.98. The zero-order valence-electron chi connectivity index (χ0n) is 11.7. The summed E-state index contributed by atoms with van der Waals surface area (Å²) in [5.74, 6) is 0.240. The topological polar surface area (TPSA) is 0 Å². The molecule has 0 aromatic heterocycles. The molecule has 0 radical (unpaired) electrons. The highest BCUT2D eigenvalue weighted by molar-refractivity contribution is 6.31. The summed E-state index contributed by atoms with van der Waals surface area (Å²) in [6, 6.07) is 13.2. The average molecular weight is 323 g/mol. The Bertz CT molecular complexity index is 633. The number of halogens is 3. The maximum Gasteiger partial charge on any atom is 0.127 e. The minimum Gasteiger partial charge on any atom is -0.207 e. The van der Waals surface area contributed by atoms with E-state index in [1.54, 1.807) is 12.1 Å². The fourth-order valence-electron chi connectivity index (χ4n) is 3.42. The Hall–Kier alpha value is -1.05. The van der Waals surface area contributed by atoms with Gasteiger partial charge in [-0.05, 0) is 48.9 Å². The SMILES string of the molecule is Fc1cccc(Cl)c1CC1(CCl)CCCc2ccccc21. The van der Waals surface area contributed by atoms with E-state index in [4.69, 9.17) is 23.2 Å². The number of rotatable bonds is 3. The Kier molecular flexibility index (Phi) is 4.24. The molecule has 110 valence electrons. The Labute approximate surface area is 134 Å². The van der Waals surface area contributed by atoms with E-state index in [2.05, 4.69) is 18.2 Å². The molecule has 1 atom stereocenters. The molecule has 1 aliphatic carbocycles. The Morgan fingerprint density at radius 3 is 2.67 bits per heavy atom. The van der Waals surface area contributed by atoms with Crippen LogP contribution in [0.4, 0.5) is 4.39 Å². The van der Waals surface area contributed by atoms with Crippen molar-refractivity contribution in [3.05, 3.63) is 70.0 Å². The molecule has 21 heavy (non-hydrogen) atoms. The molecule has 0 nitrogen and oxygen atoms in total. The maximum atomic E-state index is 14.2. The third-order valence-corrected chi connectivity index (χ3v) is 5.39. The molecule has 0 heterocycles. The minimum atomic E-state index is -0.241. The first-order chi connectivity index (χ1) is 10.2. The van der Waals surface area contributed by atoms with Crippen LogP contribution < -0.4 is 0 Å². The van der Waals surface area contributed by atoms with Crippen molar-refractivity contribution in [3.63, 3.8) is 0 Å². The monoisotopic (exact) mass is 322 g/mol. The van der Waals surface area contributed by atoms with Gasteiger partial charge in [0.1, 0.15) is 5.82 Å². The van der Waals surface area contributed by atoms with Crippen LogP contribution in [0.3, 0.4) is 0 Å². The van der Waals surface area contributed by atoms with Crippen molar-refractivity contribution in [2.45, 2.75) is 31.1 Å². The lowest BCUT2D eigenvalue weighted by atomic mass is 9.68. The van der Waals surface area contributed by atoms with Crippen molar-refractivity contribution in [2.75, 3.05) is 5.88 Å². The number of aryl methyl sites for hydroxylation is 1. The second-order valence-corrected chi connectivity index (χ2v) is 6.48. The van der Waals surface area contributed by atoms with E-state index in [9.17, 15) is 4.39 Å². The van der Waals surface area contributed by atoms with Gasteiger partial charge in [-0.3, -0.25) is 0 Å². The van der Waals surface area contributed by atoms with Crippen LogP contribution in [0, 0.1) is 5.82 Å². The molecular weight excluding hydrogens is 306 g/mol. The molecule has 0 aliphatic heterocycles. The fourth-order valence-corrected chi connectivity index (χ4v) is 4.02. The minimum absolute atomic E-state index is 0.220. The Morgan fingerprint density at radius 2 is 1.90 bits per heavy atom. The van der Waals surface area contributed by atoms with Crippen molar-refractivity contribution in [3.8, 4) is 0 Å². The van der Waals surface area contributed by atoms with Crippen LogP contribution in [0.2, 0.25) is 5.02 Å². The lowest BCUT2D eigenvalue weighted by Gasteiger charge is -2.38. The summed E-state index contributed by atoms with van der Waals surface area (Å²) in [4.78, 5) is 0. The van der Waals surface area contributed by atoms with Gasteiger partial charge in [-0.2, -0.15) is 0 Å². The largest absolute Gasteiger partial charge is 0.207 e. The third kappa shape index (κ3) is 2.69. The van der Waals surface area contributed by atoms with Crippen LogP contribution in [0.5, 0.6) is 0 Å². The van der Waals surface area contributed by atoms with Gasteiger partial charge in [-0.15, -0.1) is 11.6 Å². The molecule has 0 amide bonds. The standard InChI is InChI=1S/C18H17Cl2F/c19-12-18(11-14-16(20)8-3-9-17(14)21)10-4-6-13-5-1-2-7-15(13)18/h1-3,5,7-9H,4,6,10-12H2. The van der Waals surface area contributed by atoms with Crippen LogP contribution in [-0.2, 0) is 18.3 Å². The van der Waals surface area contributed by atoms with Crippen molar-refractivity contribution in [1.29, 1.82) is 0 Å². The van der Waals surface area contributed by atoms with Crippen molar-refractivity contribution < 1.29 is 4.39 Å². The second-order valence-electron chi connectivity index (χ2n) is 5.80. The van der Waals surface area contributed by atoms with Gasteiger partial charge in [0.25, 0.3) is 0 Å². The van der Waals surface area contributed by atoms with E-state index in [0.29, 0.717) is 22.9 Å². The molecule has 0 saturated carbocycles. The summed E-state index contributed by atoms with van der Waals surface area (Å²) < 4.78 is 14.2. The van der Waals surface area contributed by atoms with E-state index in [1.165, 1.54) is 17.2 Å². The zero-order valence-corrected chi connectivity index (χ0v) is 13.2. The van der Waals surface area contributed by atoms with E-state index in [1.807, 2.05) is 6.07 Å². The molecule has 3 rings (SSSR count). The number of benzene rings is 2. The molecule has 0 bridgehead atoms. The van der Waals surface area contributed by atoms with Gasteiger partial charge >= 0.3 is 0 Å². The molecule has 2 aromatic carbocycles. The maximum absolute atomic E-state index is 14.2. The van der Waals surface area contributed by atoms with Gasteiger partial charge in [0.05, 0.1) is 0 Å². The number of hydrogen-bond donors (Lipinski definition) is 0. The fraction of sp³-hybridized carbons (Fsp3) is 0.333. The van der Waals surface area contributed by atoms with E-state index >= 15 is 0 Å². The highest BCUT2D eigenvalue weighted by Gasteiger charge is 2.37. The molecule has 1 aliphatic rings. The van der Waals surface area contributed by atoms with Gasteiger partial charge < -0.3 is 0 Å². The van der Waals surface area contributed by atoms with E-state index < -0.39 is 0 Å². The number of fused-ring (bicyclic) bond motifs is 1. The van der Waals surface area contributed by atoms with Crippen LogP contribution in [0.1, 0.15) is 29.5 Å². The Morgan fingerprint density at radius 1 is 1.10 bits per heavy atom. The number of alkyl halides is 1. The molecule has 1 unspecified atom stereocenters. The normalized spacial score (nSPS) is 21.1. The van der Waals surface area contributed by atoms with Gasteiger partial charge in [0, 0.05) is 21.9 Å². The van der Waals surface area contributed by atoms with Crippen molar-refractivity contribution >= 4 is 23.2 Å². The number of hydrogen-bond acceptors (Lipinski definition) is 0. The first-order valence-corrected chi connectivity index (χ1v) is 8.15. The molecule has 2 aromatic rings. The molecule has 0 saturated heterocycles. The first-order valence-electron chi connectivity index (χ1n) is 7.23. The zero-order chi connectivity index (χ0) is 14.9. The summed E-state index contributed by atoms with van der Waals surface area (Å²) in [7, 11) is 0. The quantitative estimate of drug-likeness (QED) is 0.651. The summed E-state index contributed by atoms with van der Waals surface area (Å²) >= 11 is 12.6. The first kappa shape index (κ1) is 14.9. The average Bonchev–Trinajstić information content (AvgIpc) is 2.51. The third-order valence-electron chi connectivity index (χ3n) is 4.52. The molecule has 3 heteroatoms. The molecule has 0 spiro atoms. The predicted molar refractivity (Wildman–Crippen MR) is 86.9 cm³/mol.